The Hall–Kier alpha value is -1.16. The summed E-state index contributed by atoms with van der Waals surface area (Å²) < 4.78 is 0. The Kier molecular flexibility index (Phi) is 3.39. The summed E-state index contributed by atoms with van der Waals surface area (Å²) >= 11 is 5.86. The molecule has 0 unspecified atom stereocenters. The lowest BCUT2D eigenvalue weighted by Crippen LogP contribution is -2.38. The van der Waals surface area contributed by atoms with Gasteiger partial charge < -0.3 is 4.90 Å². The third-order valence-electron chi connectivity index (χ3n) is 2.93. The smallest absolute Gasteiger partial charge is 0.226 e. The van der Waals surface area contributed by atoms with Crippen molar-refractivity contribution in [3.05, 3.63) is 11.3 Å². The molecule has 86 valence electrons. The number of anilines is 1. The first-order chi connectivity index (χ1) is 7.70. The quantitative estimate of drug-likeness (QED) is 0.588. The van der Waals surface area contributed by atoms with Crippen LogP contribution in [0.2, 0.25) is 5.28 Å². The van der Waals surface area contributed by atoms with E-state index >= 15 is 0 Å². The first-order valence-corrected chi connectivity index (χ1v) is 5.86. The van der Waals surface area contributed by atoms with Crippen LogP contribution < -0.4 is 4.90 Å². The molecule has 16 heavy (non-hydrogen) atoms. The maximum Gasteiger partial charge on any atom is 0.226 e. The molecule has 0 amide bonds. The molecule has 0 aromatic carbocycles. The van der Waals surface area contributed by atoms with Crippen molar-refractivity contribution in [2.75, 3.05) is 11.4 Å². The molecule has 1 aliphatic rings. The van der Waals surface area contributed by atoms with E-state index in [2.05, 4.69) is 33.5 Å². The molecule has 1 aliphatic heterocycles. The van der Waals surface area contributed by atoms with Crippen LogP contribution in [0.3, 0.4) is 0 Å². The lowest BCUT2D eigenvalue weighted by atomic mass is 10.0. The number of halogens is 1. The first kappa shape index (κ1) is 11.3. The van der Waals surface area contributed by atoms with E-state index in [1.807, 2.05) is 6.07 Å². The van der Waals surface area contributed by atoms with Crippen LogP contribution in [0, 0.1) is 0 Å². The minimum atomic E-state index is 0.234. The fraction of sp³-hybridized carbons (Fsp3) is 0.545. The number of hydrogen-bond donors (Lipinski definition) is 0. The average molecular weight is 239 g/mol. The Labute approximate surface area is 100 Å². The van der Waals surface area contributed by atoms with E-state index < -0.39 is 0 Å². The van der Waals surface area contributed by atoms with Crippen LogP contribution in [0.15, 0.2) is 11.1 Å². The van der Waals surface area contributed by atoms with Gasteiger partial charge in [0.05, 0.1) is 0 Å². The Bertz CT molecular complexity index is 394. The maximum atomic E-state index is 5.86. The van der Waals surface area contributed by atoms with Gasteiger partial charge in [-0.1, -0.05) is 0 Å². The summed E-state index contributed by atoms with van der Waals surface area (Å²) in [5, 5.41) is 0.234. The van der Waals surface area contributed by atoms with Gasteiger partial charge in [0.15, 0.2) is 5.82 Å². The molecule has 0 radical (unpaired) electrons. The molecule has 1 atom stereocenters. The van der Waals surface area contributed by atoms with Crippen molar-refractivity contribution in [2.45, 2.75) is 32.2 Å². The number of rotatable bonds is 2. The second-order valence-corrected chi connectivity index (χ2v) is 4.39. The maximum absolute atomic E-state index is 5.86. The summed E-state index contributed by atoms with van der Waals surface area (Å²) in [4.78, 5) is 14.3. The van der Waals surface area contributed by atoms with Gasteiger partial charge in [0.2, 0.25) is 5.28 Å². The molecule has 5 heteroatoms. The minimum absolute atomic E-state index is 0.234. The van der Waals surface area contributed by atoms with Gasteiger partial charge in [-0.2, -0.15) is 4.98 Å². The highest BCUT2D eigenvalue weighted by atomic mass is 35.5. The van der Waals surface area contributed by atoms with Crippen molar-refractivity contribution >= 4 is 30.0 Å². The number of piperidine rings is 1. The topological polar surface area (TPSA) is 41.4 Å². The van der Waals surface area contributed by atoms with E-state index in [9.17, 15) is 0 Å². The lowest BCUT2D eigenvalue weighted by Gasteiger charge is -2.34. The molecule has 0 spiro atoms. The Morgan fingerprint density at radius 1 is 1.50 bits per heavy atom. The lowest BCUT2D eigenvalue weighted by molar-refractivity contribution is 0.481. The molecule has 0 aliphatic carbocycles. The van der Waals surface area contributed by atoms with Gasteiger partial charge in [-0.3, -0.25) is 0 Å². The minimum Gasteiger partial charge on any atom is -0.354 e. The zero-order valence-corrected chi connectivity index (χ0v) is 10.1. The van der Waals surface area contributed by atoms with Gasteiger partial charge in [-0.05, 0) is 44.5 Å². The van der Waals surface area contributed by atoms with Gasteiger partial charge in [-0.15, -0.1) is 0 Å². The molecular weight excluding hydrogens is 224 g/mol. The van der Waals surface area contributed by atoms with Gasteiger partial charge in [0.1, 0.15) is 5.82 Å². The van der Waals surface area contributed by atoms with Crippen LogP contribution >= 0.6 is 11.6 Å². The van der Waals surface area contributed by atoms with E-state index in [0.29, 0.717) is 11.9 Å². The van der Waals surface area contributed by atoms with Gasteiger partial charge in [-0.25, -0.2) is 9.98 Å². The number of aliphatic imine (C=N–C) groups is 1. The SMILES string of the molecule is C=Nc1cc(N2CCCC[C@H]2C)nc(Cl)n1. The molecule has 2 rings (SSSR count). The predicted molar refractivity (Wildman–Crippen MR) is 66.9 cm³/mol. The summed E-state index contributed by atoms with van der Waals surface area (Å²) in [6.45, 7) is 6.68. The molecule has 1 saturated heterocycles. The molecule has 1 fully saturated rings. The Balaban J connectivity index is 2.31. The van der Waals surface area contributed by atoms with Crippen LogP contribution in [-0.4, -0.2) is 29.3 Å². The van der Waals surface area contributed by atoms with Crippen LogP contribution in [0.1, 0.15) is 26.2 Å². The zero-order chi connectivity index (χ0) is 11.5. The molecule has 2 heterocycles. The van der Waals surface area contributed by atoms with E-state index in [0.717, 1.165) is 12.4 Å². The van der Waals surface area contributed by atoms with E-state index in [-0.39, 0.29) is 5.28 Å². The molecule has 0 saturated carbocycles. The zero-order valence-electron chi connectivity index (χ0n) is 9.36. The summed E-state index contributed by atoms with van der Waals surface area (Å²) in [5.41, 5.74) is 0. The number of hydrogen-bond acceptors (Lipinski definition) is 4. The average Bonchev–Trinajstić information content (AvgIpc) is 2.28. The second kappa shape index (κ2) is 4.78. The first-order valence-electron chi connectivity index (χ1n) is 5.48. The van der Waals surface area contributed by atoms with Crippen LogP contribution in [0.4, 0.5) is 11.6 Å². The van der Waals surface area contributed by atoms with Crippen molar-refractivity contribution in [1.82, 2.24) is 9.97 Å². The van der Waals surface area contributed by atoms with Crippen molar-refractivity contribution in [2.24, 2.45) is 4.99 Å². The van der Waals surface area contributed by atoms with Crippen molar-refractivity contribution in [3.63, 3.8) is 0 Å². The van der Waals surface area contributed by atoms with Crippen molar-refractivity contribution in [1.29, 1.82) is 0 Å². The van der Waals surface area contributed by atoms with Crippen LogP contribution in [-0.2, 0) is 0 Å². The highest BCUT2D eigenvalue weighted by Gasteiger charge is 2.20. The van der Waals surface area contributed by atoms with Gasteiger partial charge >= 0.3 is 0 Å². The molecule has 4 nitrogen and oxygen atoms in total. The number of nitrogens with zero attached hydrogens (tertiary/aromatic N) is 4. The molecule has 0 N–H and O–H groups in total. The Morgan fingerprint density at radius 3 is 3.00 bits per heavy atom. The predicted octanol–water partition coefficient (Wildman–Crippen LogP) is 2.84. The summed E-state index contributed by atoms with van der Waals surface area (Å²) in [5.74, 6) is 1.39. The summed E-state index contributed by atoms with van der Waals surface area (Å²) in [6, 6.07) is 2.33. The van der Waals surface area contributed by atoms with Gasteiger partial charge in [0, 0.05) is 18.7 Å². The highest BCUT2D eigenvalue weighted by Crippen LogP contribution is 2.26. The third-order valence-corrected chi connectivity index (χ3v) is 3.10. The molecule has 0 bridgehead atoms. The largest absolute Gasteiger partial charge is 0.354 e. The third kappa shape index (κ3) is 2.32. The standard InChI is InChI=1S/C11H15ClN4/c1-8-5-3-4-6-16(8)10-7-9(13-2)14-11(12)15-10/h7-8H,2-6H2,1H3/t8-/m1/s1. The molecule has 1 aromatic rings. The fourth-order valence-electron chi connectivity index (χ4n) is 2.06. The summed E-state index contributed by atoms with van der Waals surface area (Å²) in [6.07, 6.45) is 3.67. The second-order valence-electron chi connectivity index (χ2n) is 4.05. The fourth-order valence-corrected chi connectivity index (χ4v) is 2.23. The number of aromatic nitrogens is 2. The summed E-state index contributed by atoms with van der Waals surface area (Å²) in [7, 11) is 0. The van der Waals surface area contributed by atoms with Crippen molar-refractivity contribution in [3.8, 4) is 0 Å². The van der Waals surface area contributed by atoms with Crippen LogP contribution in [0.25, 0.3) is 0 Å². The van der Waals surface area contributed by atoms with E-state index in [1.165, 1.54) is 19.3 Å². The van der Waals surface area contributed by atoms with E-state index in [4.69, 9.17) is 11.6 Å². The van der Waals surface area contributed by atoms with E-state index in [1.54, 1.807) is 0 Å². The van der Waals surface area contributed by atoms with Crippen LogP contribution in [0.5, 0.6) is 0 Å². The monoisotopic (exact) mass is 238 g/mol. The Morgan fingerprint density at radius 2 is 2.31 bits per heavy atom. The molecule has 1 aromatic heterocycles. The normalized spacial score (nSPS) is 20.9. The highest BCUT2D eigenvalue weighted by molar-refractivity contribution is 6.28. The molecular formula is C11H15ClN4. The van der Waals surface area contributed by atoms with Crippen molar-refractivity contribution < 1.29 is 0 Å². The van der Waals surface area contributed by atoms with Gasteiger partial charge in [0.25, 0.3) is 0 Å².